The van der Waals surface area contributed by atoms with Gasteiger partial charge in [0.2, 0.25) is 11.8 Å². The van der Waals surface area contributed by atoms with E-state index in [1.165, 1.54) is 0 Å². The van der Waals surface area contributed by atoms with Crippen LogP contribution in [0.3, 0.4) is 0 Å². The number of hydrogen-bond donors (Lipinski definition) is 2. The van der Waals surface area contributed by atoms with Crippen LogP contribution in [0.2, 0.25) is 0 Å². The first kappa shape index (κ1) is 14.1. The maximum absolute atomic E-state index is 12.0. The zero-order valence-corrected chi connectivity index (χ0v) is 12.1. The summed E-state index contributed by atoms with van der Waals surface area (Å²) in [7, 11) is 0. The Hall–Kier alpha value is -1.88. The third-order valence-corrected chi connectivity index (χ3v) is 4.18. The number of amides is 2. The van der Waals surface area contributed by atoms with Crippen molar-refractivity contribution < 1.29 is 9.59 Å². The predicted molar refractivity (Wildman–Crippen MR) is 81.2 cm³/mol. The fourth-order valence-electron chi connectivity index (χ4n) is 3.10. The molecule has 0 aromatic heterocycles. The number of nitrogens with one attached hydrogen (secondary N) is 2. The van der Waals surface area contributed by atoms with Gasteiger partial charge in [0.15, 0.2) is 0 Å². The second-order valence-electron chi connectivity index (χ2n) is 5.70. The van der Waals surface area contributed by atoms with Crippen molar-refractivity contribution in [2.45, 2.75) is 31.7 Å². The molecule has 0 aliphatic carbocycles. The molecule has 2 amide bonds. The smallest absolute Gasteiger partial charge is 0.231 e. The number of nitrogens with zero attached hydrogens (tertiary/aromatic N) is 1. The summed E-state index contributed by atoms with van der Waals surface area (Å²) in [5, 5.41) is 6.23. The van der Waals surface area contributed by atoms with E-state index in [1.54, 1.807) is 4.90 Å². The molecule has 0 spiro atoms. The maximum Gasteiger partial charge on any atom is 0.231 e. The molecule has 1 unspecified atom stereocenters. The molecule has 0 radical (unpaired) electrons. The van der Waals surface area contributed by atoms with Crippen LogP contribution in [-0.2, 0) is 16.0 Å². The van der Waals surface area contributed by atoms with Crippen molar-refractivity contribution in [1.82, 2.24) is 10.6 Å². The average Bonchev–Trinajstić information content (AvgIpc) is 3.07. The molecule has 0 bridgehead atoms. The van der Waals surface area contributed by atoms with Gasteiger partial charge >= 0.3 is 0 Å². The molecule has 1 saturated heterocycles. The molecule has 112 valence electrons. The SMILES string of the molecule is O=C(CC1CCCN1)NCCN1C(=O)Cc2ccccc21. The topological polar surface area (TPSA) is 61.4 Å². The maximum atomic E-state index is 12.0. The molecule has 2 aliphatic heterocycles. The molecular weight excluding hydrogens is 266 g/mol. The molecule has 1 aromatic rings. The van der Waals surface area contributed by atoms with Crippen molar-refractivity contribution in [3.63, 3.8) is 0 Å². The van der Waals surface area contributed by atoms with Crippen LogP contribution in [-0.4, -0.2) is 37.5 Å². The van der Waals surface area contributed by atoms with Gasteiger partial charge in [-0.15, -0.1) is 0 Å². The van der Waals surface area contributed by atoms with E-state index in [2.05, 4.69) is 10.6 Å². The molecule has 1 aromatic carbocycles. The summed E-state index contributed by atoms with van der Waals surface area (Å²) in [6.45, 7) is 2.06. The molecule has 1 atom stereocenters. The highest BCUT2D eigenvalue weighted by molar-refractivity contribution is 6.01. The minimum Gasteiger partial charge on any atom is -0.354 e. The molecule has 2 aliphatic rings. The number of anilines is 1. The monoisotopic (exact) mass is 287 g/mol. The van der Waals surface area contributed by atoms with Gasteiger partial charge in [-0.2, -0.15) is 0 Å². The molecule has 21 heavy (non-hydrogen) atoms. The summed E-state index contributed by atoms with van der Waals surface area (Å²) in [6.07, 6.45) is 3.23. The van der Waals surface area contributed by atoms with Crippen molar-refractivity contribution in [1.29, 1.82) is 0 Å². The summed E-state index contributed by atoms with van der Waals surface area (Å²) in [5.74, 6) is 0.178. The van der Waals surface area contributed by atoms with E-state index in [9.17, 15) is 9.59 Å². The Kier molecular flexibility index (Phi) is 4.20. The Bertz CT molecular complexity index is 538. The fourth-order valence-corrected chi connectivity index (χ4v) is 3.10. The number of fused-ring (bicyclic) bond motifs is 1. The first-order valence-corrected chi connectivity index (χ1v) is 7.62. The van der Waals surface area contributed by atoms with Crippen LogP contribution in [0, 0.1) is 0 Å². The van der Waals surface area contributed by atoms with E-state index >= 15 is 0 Å². The van der Waals surface area contributed by atoms with Gasteiger partial charge in [0, 0.05) is 31.2 Å². The summed E-state index contributed by atoms with van der Waals surface area (Å²) in [4.78, 5) is 25.6. The molecule has 5 nitrogen and oxygen atoms in total. The van der Waals surface area contributed by atoms with Gasteiger partial charge in [-0.05, 0) is 31.0 Å². The second kappa shape index (κ2) is 6.26. The van der Waals surface area contributed by atoms with Crippen molar-refractivity contribution in [2.75, 3.05) is 24.5 Å². The lowest BCUT2D eigenvalue weighted by molar-refractivity contribution is -0.122. The molecule has 0 saturated carbocycles. The highest BCUT2D eigenvalue weighted by Gasteiger charge is 2.26. The van der Waals surface area contributed by atoms with Gasteiger partial charge in [0.05, 0.1) is 6.42 Å². The molecule has 5 heteroatoms. The van der Waals surface area contributed by atoms with Gasteiger partial charge in [-0.25, -0.2) is 0 Å². The Morgan fingerprint density at radius 1 is 1.38 bits per heavy atom. The van der Waals surface area contributed by atoms with Crippen molar-refractivity contribution >= 4 is 17.5 Å². The van der Waals surface area contributed by atoms with Crippen LogP contribution in [0.1, 0.15) is 24.8 Å². The molecule has 1 fully saturated rings. The van der Waals surface area contributed by atoms with Gasteiger partial charge in [-0.3, -0.25) is 9.59 Å². The Morgan fingerprint density at radius 3 is 3.05 bits per heavy atom. The number of benzene rings is 1. The number of carbonyl (C=O) groups excluding carboxylic acids is 2. The largest absolute Gasteiger partial charge is 0.354 e. The lowest BCUT2D eigenvalue weighted by Gasteiger charge is -2.18. The fraction of sp³-hybridized carbons (Fsp3) is 0.500. The predicted octanol–water partition coefficient (Wildman–Crippen LogP) is 0.834. The van der Waals surface area contributed by atoms with Crippen LogP contribution in [0.25, 0.3) is 0 Å². The van der Waals surface area contributed by atoms with Crippen LogP contribution in [0.5, 0.6) is 0 Å². The first-order valence-electron chi connectivity index (χ1n) is 7.62. The van der Waals surface area contributed by atoms with Gasteiger partial charge in [-0.1, -0.05) is 18.2 Å². The van der Waals surface area contributed by atoms with E-state index in [0.29, 0.717) is 32.0 Å². The quantitative estimate of drug-likeness (QED) is 0.843. The highest BCUT2D eigenvalue weighted by atomic mass is 16.2. The molecule has 2 heterocycles. The van der Waals surface area contributed by atoms with Crippen molar-refractivity contribution in [3.05, 3.63) is 29.8 Å². The number of para-hydroxylation sites is 1. The Labute approximate surface area is 124 Å². The molecule has 3 rings (SSSR count). The van der Waals surface area contributed by atoms with Crippen LogP contribution in [0.4, 0.5) is 5.69 Å². The van der Waals surface area contributed by atoms with E-state index in [1.807, 2.05) is 24.3 Å². The molecule has 2 N–H and O–H groups in total. The third-order valence-electron chi connectivity index (χ3n) is 4.18. The van der Waals surface area contributed by atoms with E-state index in [-0.39, 0.29) is 11.8 Å². The van der Waals surface area contributed by atoms with E-state index in [4.69, 9.17) is 0 Å². The zero-order chi connectivity index (χ0) is 14.7. The van der Waals surface area contributed by atoms with E-state index < -0.39 is 0 Å². The van der Waals surface area contributed by atoms with E-state index in [0.717, 1.165) is 30.6 Å². The molecular formula is C16H21N3O2. The van der Waals surface area contributed by atoms with Crippen LogP contribution >= 0.6 is 0 Å². The van der Waals surface area contributed by atoms with Crippen LogP contribution in [0.15, 0.2) is 24.3 Å². The second-order valence-corrected chi connectivity index (χ2v) is 5.70. The van der Waals surface area contributed by atoms with Gasteiger partial charge in [0.1, 0.15) is 0 Å². The van der Waals surface area contributed by atoms with Gasteiger partial charge < -0.3 is 15.5 Å². The summed E-state index contributed by atoms with van der Waals surface area (Å²) >= 11 is 0. The number of carbonyl (C=O) groups is 2. The van der Waals surface area contributed by atoms with Crippen molar-refractivity contribution in [2.24, 2.45) is 0 Å². The summed E-state index contributed by atoms with van der Waals surface area (Å²) in [6, 6.07) is 8.15. The third kappa shape index (κ3) is 3.24. The average molecular weight is 287 g/mol. The first-order chi connectivity index (χ1) is 10.2. The lowest BCUT2D eigenvalue weighted by Crippen LogP contribution is -2.38. The van der Waals surface area contributed by atoms with Gasteiger partial charge in [0.25, 0.3) is 0 Å². The Morgan fingerprint density at radius 2 is 2.24 bits per heavy atom. The minimum atomic E-state index is 0.0642. The normalized spacial score (nSPS) is 20.7. The number of rotatable bonds is 5. The van der Waals surface area contributed by atoms with Crippen molar-refractivity contribution in [3.8, 4) is 0 Å². The zero-order valence-electron chi connectivity index (χ0n) is 12.1. The van der Waals surface area contributed by atoms with Crippen LogP contribution < -0.4 is 15.5 Å². The number of hydrogen-bond acceptors (Lipinski definition) is 3. The lowest BCUT2D eigenvalue weighted by atomic mass is 10.1. The standard InChI is InChI=1S/C16H21N3O2/c20-15(11-13-5-3-7-17-13)18-8-9-19-14-6-2-1-4-12(14)10-16(19)21/h1-2,4,6,13,17H,3,5,7-11H2,(H,18,20). The Balaban J connectivity index is 1.47. The summed E-state index contributed by atoms with van der Waals surface area (Å²) in [5.41, 5.74) is 2.05. The summed E-state index contributed by atoms with van der Waals surface area (Å²) < 4.78 is 0. The highest BCUT2D eigenvalue weighted by Crippen LogP contribution is 2.27. The minimum absolute atomic E-state index is 0.0642.